The quantitative estimate of drug-likeness (QED) is 0.712. The predicted molar refractivity (Wildman–Crippen MR) is 75.3 cm³/mol. The Balaban J connectivity index is 1.85. The molecular weight excluding hydrogens is 298 g/mol. The Morgan fingerprint density at radius 1 is 1.24 bits per heavy atom. The Bertz CT molecular complexity index is 509. The van der Waals surface area contributed by atoms with Gasteiger partial charge in [0.1, 0.15) is 0 Å². The molecule has 0 radical (unpaired) electrons. The van der Waals surface area contributed by atoms with Crippen LogP contribution in [-0.4, -0.2) is 73.2 Å². The van der Waals surface area contributed by atoms with Crippen molar-refractivity contribution in [2.75, 3.05) is 32.4 Å². The summed E-state index contributed by atoms with van der Waals surface area (Å²) in [6, 6.07) is -0.635. The third-order valence-corrected chi connectivity index (χ3v) is 5.19. The average Bonchev–Trinajstić information content (AvgIpc) is 3.20. The maximum absolute atomic E-state index is 12.1. The molecule has 2 aliphatic rings. The van der Waals surface area contributed by atoms with Crippen LogP contribution in [0.1, 0.15) is 19.3 Å². The number of carbonyl (C=O) groups excluding carboxylic acids is 1. The van der Waals surface area contributed by atoms with Crippen LogP contribution < -0.4 is 5.32 Å². The molecule has 0 aromatic carbocycles. The summed E-state index contributed by atoms with van der Waals surface area (Å²) in [5, 5.41) is 11.6. The van der Waals surface area contributed by atoms with Crippen LogP contribution >= 0.6 is 0 Å². The number of rotatable bonds is 5. The number of nitrogens with zero attached hydrogens (tertiary/aromatic N) is 2. The van der Waals surface area contributed by atoms with Crippen LogP contribution in [-0.2, 0) is 14.8 Å². The lowest BCUT2D eigenvalue weighted by molar-refractivity contribution is -0.137. The van der Waals surface area contributed by atoms with E-state index >= 15 is 0 Å². The molecule has 120 valence electrons. The van der Waals surface area contributed by atoms with Gasteiger partial charge in [-0.25, -0.2) is 13.2 Å². The van der Waals surface area contributed by atoms with E-state index in [4.69, 9.17) is 5.11 Å². The SMILES string of the molecule is CS(=O)(=O)N1CCN(C(=O)NC(CC(=O)O)C2CC2)CC1. The molecule has 1 saturated heterocycles. The molecule has 2 N–H and O–H groups in total. The summed E-state index contributed by atoms with van der Waals surface area (Å²) >= 11 is 0. The highest BCUT2D eigenvalue weighted by atomic mass is 32.2. The van der Waals surface area contributed by atoms with Gasteiger partial charge in [-0.1, -0.05) is 0 Å². The minimum atomic E-state index is -3.22. The van der Waals surface area contributed by atoms with Crippen LogP contribution in [0.25, 0.3) is 0 Å². The summed E-state index contributed by atoms with van der Waals surface area (Å²) in [7, 11) is -3.22. The number of nitrogens with one attached hydrogen (secondary N) is 1. The number of hydrogen-bond acceptors (Lipinski definition) is 4. The molecule has 8 nitrogen and oxygen atoms in total. The van der Waals surface area contributed by atoms with Crippen LogP contribution in [0.2, 0.25) is 0 Å². The second kappa shape index (κ2) is 6.18. The van der Waals surface area contributed by atoms with Gasteiger partial charge < -0.3 is 15.3 Å². The maximum Gasteiger partial charge on any atom is 0.317 e. The monoisotopic (exact) mass is 319 g/mol. The zero-order valence-corrected chi connectivity index (χ0v) is 12.8. The number of carboxylic acids is 1. The zero-order valence-electron chi connectivity index (χ0n) is 12.0. The standard InChI is InChI=1S/C12H21N3O5S/c1-21(19,20)15-6-4-14(5-7-15)12(18)13-10(8-11(16)17)9-2-3-9/h9-10H,2-8H2,1H3,(H,13,18)(H,16,17). The lowest BCUT2D eigenvalue weighted by atomic mass is 10.1. The number of carboxylic acid groups (broad SMARTS) is 1. The molecule has 0 spiro atoms. The number of piperazine rings is 1. The van der Waals surface area contributed by atoms with E-state index in [1.54, 1.807) is 4.90 Å². The van der Waals surface area contributed by atoms with Crippen molar-refractivity contribution in [2.45, 2.75) is 25.3 Å². The van der Waals surface area contributed by atoms with E-state index in [2.05, 4.69) is 5.32 Å². The first kappa shape index (κ1) is 16.0. The van der Waals surface area contributed by atoms with Crippen LogP contribution in [0.3, 0.4) is 0 Å². The van der Waals surface area contributed by atoms with E-state index in [9.17, 15) is 18.0 Å². The van der Waals surface area contributed by atoms with E-state index in [0.717, 1.165) is 19.1 Å². The van der Waals surface area contributed by atoms with Gasteiger partial charge in [0.2, 0.25) is 10.0 Å². The fraction of sp³-hybridized carbons (Fsp3) is 0.833. The van der Waals surface area contributed by atoms with Crippen LogP contribution in [0.5, 0.6) is 0 Å². The molecule has 2 amide bonds. The van der Waals surface area contributed by atoms with Gasteiger partial charge in [0.25, 0.3) is 0 Å². The highest BCUT2D eigenvalue weighted by molar-refractivity contribution is 7.88. The Morgan fingerprint density at radius 3 is 2.24 bits per heavy atom. The van der Waals surface area contributed by atoms with Gasteiger partial charge >= 0.3 is 12.0 Å². The second-order valence-electron chi connectivity index (χ2n) is 5.64. The smallest absolute Gasteiger partial charge is 0.317 e. The van der Waals surface area contributed by atoms with E-state index in [-0.39, 0.29) is 37.5 Å². The maximum atomic E-state index is 12.1. The van der Waals surface area contributed by atoms with Gasteiger partial charge in [0, 0.05) is 32.2 Å². The predicted octanol–water partition coefficient (Wildman–Crippen LogP) is -0.473. The van der Waals surface area contributed by atoms with Gasteiger partial charge in [0.15, 0.2) is 0 Å². The molecule has 2 fully saturated rings. The Hall–Kier alpha value is -1.35. The first-order chi connectivity index (χ1) is 9.77. The molecule has 2 rings (SSSR count). The number of aliphatic carboxylic acids is 1. The van der Waals surface area contributed by atoms with Crippen molar-refractivity contribution in [3.63, 3.8) is 0 Å². The highest BCUT2D eigenvalue weighted by Gasteiger charge is 2.35. The number of carbonyl (C=O) groups is 2. The number of hydrogen-bond donors (Lipinski definition) is 2. The first-order valence-corrected chi connectivity index (χ1v) is 8.84. The van der Waals surface area contributed by atoms with Crippen molar-refractivity contribution < 1.29 is 23.1 Å². The number of urea groups is 1. The molecular formula is C12H21N3O5S. The minimum absolute atomic E-state index is 0.0697. The van der Waals surface area contributed by atoms with E-state index in [1.165, 1.54) is 4.31 Å². The zero-order chi connectivity index (χ0) is 15.6. The first-order valence-electron chi connectivity index (χ1n) is 6.99. The van der Waals surface area contributed by atoms with E-state index < -0.39 is 16.0 Å². The molecule has 1 atom stereocenters. The van der Waals surface area contributed by atoms with Gasteiger partial charge in [-0.2, -0.15) is 4.31 Å². The number of sulfonamides is 1. The summed E-state index contributed by atoms with van der Waals surface area (Å²) in [6.45, 7) is 1.20. The van der Waals surface area contributed by atoms with Crippen LogP contribution in [0.15, 0.2) is 0 Å². The Labute approximate surface area is 124 Å². The second-order valence-corrected chi connectivity index (χ2v) is 7.62. The normalized spacial score (nSPS) is 21.9. The fourth-order valence-electron chi connectivity index (χ4n) is 2.49. The summed E-state index contributed by atoms with van der Waals surface area (Å²) in [4.78, 5) is 24.5. The Kier molecular flexibility index (Phi) is 4.72. The molecule has 1 aliphatic heterocycles. The van der Waals surface area contributed by atoms with Crippen molar-refractivity contribution in [2.24, 2.45) is 5.92 Å². The van der Waals surface area contributed by atoms with Crippen molar-refractivity contribution in [1.29, 1.82) is 0 Å². The Morgan fingerprint density at radius 2 is 1.81 bits per heavy atom. The van der Waals surface area contributed by atoms with E-state index in [0.29, 0.717) is 13.1 Å². The van der Waals surface area contributed by atoms with Crippen LogP contribution in [0.4, 0.5) is 4.79 Å². The number of amides is 2. The third-order valence-electron chi connectivity index (χ3n) is 3.89. The topological polar surface area (TPSA) is 107 Å². The summed E-state index contributed by atoms with van der Waals surface area (Å²) in [5.41, 5.74) is 0. The van der Waals surface area contributed by atoms with Crippen molar-refractivity contribution in [1.82, 2.24) is 14.5 Å². The van der Waals surface area contributed by atoms with Gasteiger partial charge in [-0.05, 0) is 18.8 Å². The lowest BCUT2D eigenvalue weighted by Gasteiger charge is -2.34. The lowest BCUT2D eigenvalue weighted by Crippen LogP contribution is -2.54. The summed E-state index contributed by atoms with van der Waals surface area (Å²) in [5.74, 6) is -0.670. The molecule has 1 heterocycles. The van der Waals surface area contributed by atoms with Gasteiger partial charge in [0.05, 0.1) is 12.7 Å². The average molecular weight is 319 g/mol. The third kappa shape index (κ3) is 4.57. The molecule has 0 aromatic rings. The minimum Gasteiger partial charge on any atom is -0.481 e. The van der Waals surface area contributed by atoms with E-state index in [1.807, 2.05) is 0 Å². The molecule has 1 saturated carbocycles. The molecule has 1 aliphatic carbocycles. The largest absolute Gasteiger partial charge is 0.481 e. The molecule has 1 unspecified atom stereocenters. The summed E-state index contributed by atoms with van der Waals surface area (Å²) in [6.07, 6.45) is 2.97. The molecule has 0 aromatic heterocycles. The summed E-state index contributed by atoms with van der Waals surface area (Å²) < 4.78 is 24.1. The highest BCUT2D eigenvalue weighted by Crippen LogP contribution is 2.34. The molecule has 21 heavy (non-hydrogen) atoms. The van der Waals surface area contributed by atoms with Gasteiger partial charge in [-0.15, -0.1) is 0 Å². The molecule has 9 heteroatoms. The van der Waals surface area contributed by atoms with Crippen molar-refractivity contribution in [3.8, 4) is 0 Å². The molecule has 0 bridgehead atoms. The van der Waals surface area contributed by atoms with Crippen molar-refractivity contribution >= 4 is 22.0 Å². The van der Waals surface area contributed by atoms with Gasteiger partial charge in [-0.3, -0.25) is 4.79 Å². The van der Waals surface area contributed by atoms with Crippen LogP contribution in [0, 0.1) is 5.92 Å². The fourth-order valence-corrected chi connectivity index (χ4v) is 3.32. The van der Waals surface area contributed by atoms with Crippen molar-refractivity contribution in [3.05, 3.63) is 0 Å².